The summed E-state index contributed by atoms with van der Waals surface area (Å²) in [7, 11) is 4.78. The molecule has 10 heteroatoms. The van der Waals surface area contributed by atoms with Gasteiger partial charge >= 0.3 is 0 Å². The summed E-state index contributed by atoms with van der Waals surface area (Å²) in [6.07, 6.45) is 1.75. The minimum absolute atomic E-state index is 0.0253. The summed E-state index contributed by atoms with van der Waals surface area (Å²) in [5.74, 6) is 3.44. The summed E-state index contributed by atoms with van der Waals surface area (Å²) >= 11 is 0. The van der Waals surface area contributed by atoms with Crippen molar-refractivity contribution in [3.8, 4) is 34.4 Å². The second kappa shape index (κ2) is 12.4. The number of carbonyl (C=O) groups excluding carboxylic acids is 1. The van der Waals surface area contributed by atoms with E-state index in [2.05, 4.69) is 20.4 Å². The molecular formula is C27H34N4O6. The molecule has 198 valence electrons. The van der Waals surface area contributed by atoms with Crippen LogP contribution in [-0.2, 0) is 11.3 Å². The molecular weight excluding hydrogens is 476 g/mol. The van der Waals surface area contributed by atoms with Gasteiger partial charge in [-0.2, -0.15) is 4.98 Å². The number of nitrogens with one attached hydrogen (secondary N) is 1. The van der Waals surface area contributed by atoms with Gasteiger partial charge in [0.15, 0.2) is 23.0 Å². The van der Waals surface area contributed by atoms with Gasteiger partial charge in [-0.05, 0) is 56.6 Å². The molecule has 1 aromatic heterocycles. The van der Waals surface area contributed by atoms with Gasteiger partial charge in [0.2, 0.25) is 17.6 Å². The third-order valence-corrected chi connectivity index (χ3v) is 6.29. The maximum absolute atomic E-state index is 13.0. The van der Waals surface area contributed by atoms with Gasteiger partial charge in [-0.25, -0.2) is 0 Å². The van der Waals surface area contributed by atoms with Crippen LogP contribution in [0.15, 0.2) is 47.0 Å². The number of aromatic nitrogens is 2. The van der Waals surface area contributed by atoms with Crippen LogP contribution in [-0.4, -0.2) is 68.0 Å². The Morgan fingerprint density at radius 3 is 2.57 bits per heavy atom. The van der Waals surface area contributed by atoms with E-state index in [0.717, 1.165) is 24.9 Å². The molecule has 2 atom stereocenters. The number of likely N-dealkylation sites (tertiary alicyclic amines) is 1. The van der Waals surface area contributed by atoms with E-state index in [1.807, 2.05) is 43.3 Å². The lowest BCUT2D eigenvalue weighted by Crippen LogP contribution is -2.46. The van der Waals surface area contributed by atoms with Gasteiger partial charge in [0.25, 0.3) is 0 Å². The first-order valence-corrected chi connectivity index (χ1v) is 12.3. The highest BCUT2D eigenvalue weighted by atomic mass is 16.5. The zero-order valence-corrected chi connectivity index (χ0v) is 21.7. The molecule has 10 nitrogen and oxygen atoms in total. The largest absolute Gasteiger partial charge is 0.493 e. The van der Waals surface area contributed by atoms with Crippen LogP contribution in [0.3, 0.4) is 0 Å². The highest BCUT2D eigenvalue weighted by Gasteiger charge is 2.28. The number of benzene rings is 2. The topological polar surface area (TPSA) is 108 Å². The summed E-state index contributed by atoms with van der Waals surface area (Å²) in [6, 6.07) is 12.8. The fraction of sp³-hybridized carbons (Fsp3) is 0.444. The first-order valence-electron chi connectivity index (χ1n) is 12.3. The summed E-state index contributed by atoms with van der Waals surface area (Å²) in [6.45, 7) is 4.26. The highest BCUT2D eigenvalue weighted by molar-refractivity contribution is 5.79. The predicted octanol–water partition coefficient (Wildman–Crippen LogP) is 3.56. The Bertz CT molecular complexity index is 1180. The molecule has 2 unspecified atom stereocenters. The van der Waals surface area contributed by atoms with Gasteiger partial charge in [-0.3, -0.25) is 9.69 Å². The first kappa shape index (κ1) is 26.3. The van der Waals surface area contributed by atoms with Crippen LogP contribution < -0.4 is 24.3 Å². The molecule has 2 heterocycles. The highest BCUT2D eigenvalue weighted by Crippen LogP contribution is 2.31. The monoisotopic (exact) mass is 510 g/mol. The van der Waals surface area contributed by atoms with Gasteiger partial charge in [0.1, 0.15) is 6.61 Å². The van der Waals surface area contributed by atoms with Crippen molar-refractivity contribution in [2.75, 3.05) is 41.0 Å². The number of para-hydroxylation sites is 2. The summed E-state index contributed by atoms with van der Waals surface area (Å²) in [4.78, 5) is 19.7. The molecule has 1 aliphatic rings. The Labute approximate surface area is 216 Å². The minimum atomic E-state index is -0.146. The quantitative estimate of drug-likeness (QED) is 0.414. The third-order valence-electron chi connectivity index (χ3n) is 6.29. The number of nitrogens with zero attached hydrogens (tertiary/aromatic N) is 3. The molecule has 0 aliphatic carbocycles. The normalized spacial score (nSPS) is 16.6. The van der Waals surface area contributed by atoms with Gasteiger partial charge < -0.3 is 28.8 Å². The van der Waals surface area contributed by atoms with Crippen LogP contribution in [0, 0.1) is 5.92 Å². The molecule has 1 N–H and O–H groups in total. The Kier molecular flexibility index (Phi) is 8.84. The Morgan fingerprint density at radius 2 is 1.81 bits per heavy atom. The maximum atomic E-state index is 13.0. The van der Waals surface area contributed by atoms with Crippen LogP contribution in [0.4, 0.5) is 0 Å². The molecule has 2 aromatic carbocycles. The molecule has 3 aromatic rings. The van der Waals surface area contributed by atoms with Gasteiger partial charge in [-0.15, -0.1) is 0 Å². The van der Waals surface area contributed by atoms with Crippen molar-refractivity contribution in [1.29, 1.82) is 0 Å². The molecule has 1 amide bonds. The standard InChI is InChI=1S/C27H34N4O6/c1-18(17-36-23-10-6-5-9-21(23)33-2)28-27(32)20-8-7-13-31(15-20)16-25-29-26(30-37-25)19-11-12-22(34-3)24(14-19)35-4/h5-6,9-12,14,18,20H,7-8,13,15-17H2,1-4H3,(H,28,32). The summed E-state index contributed by atoms with van der Waals surface area (Å²) in [5, 5.41) is 7.21. The van der Waals surface area contributed by atoms with E-state index in [-0.39, 0.29) is 17.9 Å². The fourth-order valence-corrected chi connectivity index (χ4v) is 4.37. The molecule has 0 bridgehead atoms. The lowest BCUT2D eigenvalue weighted by atomic mass is 9.97. The number of amides is 1. The zero-order valence-electron chi connectivity index (χ0n) is 21.7. The smallest absolute Gasteiger partial charge is 0.241 e. The third kappa shape index (κ3) is 6.71. The molecule has 4 rings (SSSR count). The van der Waals surface area contributed by atoms with E-state index in [0.29, 0.717) is 54.4 Å². The Balaban J connectivity index is 1.29. The van der Waals surface area contributed by atoms with Crippen LogP contribution >= 0.6 is 0 Å². The van der Waals surface area contributed by atoms with E-state index < -0.39 is 0 Å². The number of piperidine rings is 1. The molecule has 0 spiro atoms. The van der Waals surface area contributed by atoms with Crippen molar-refractivity contribution in [1.82, 2.24) is 20.4 Å². The van der Waals surface area contributed by atoms with Crippen molar-refractivity contribution in [3.05, 3.63) is 48.4 Å². The van der Waals surface area contributed by atoms with Gasteiger partial charge in [0, 0.05) is 12.1 Å². The second-order valence-corrected chi connectivity index (χ2v) is 9.03. The van der Waals surface area contributed by atoms with Crippen LogP contribution in [0.2, 0.25) is 0 Å². The van der Waals surface area contributed by atoms with Gasteiger partial charge in [0.05, 0.1) is 39.8 Å². The first-order chi connectivity index (χ1) is 18.0. The average molecular weight is 511 g/mol. The van der Waals surface area contributed by atoms with Crippen molar-refractivity contribution < 1.29 is 28.3 Å². The van der Waals surface area contributed by atoms with Crippen molar-refractivity contribution in [2.24, 2.45) is 5.92 Å². The van der Waals surface area contributed by atoms with E-state index in [4.69, 9.17) is 23.5 Å². The van der Waals surface area contributed by atoms with E-state index >= 15 is 0 Å². The summed E-state index contributed by atoms with van der Waals surface area (Å²) in [5.41, 5.74) is 0.771. The fourth-order valence-electron chi connectivity index (χ4n) is 4.37. The number of carbonyl (C=O) groups is 1. The maximum Gasteiger partial charge on any atom is 0.241 e. The van der Waals surface area contributed by atoms with Crippen LogP contribution in [0.25, 0.3) is 11.4 Å². The molecule has 1 fully saturated rings. The SMILES string of the molecule is COc1ccc(-c2noc(CN3CCCC(C(=O)NC(C)COc4ccccc4OC)C3)n2)cc1OC. The molecule has 0 radical (unpaired) electrons. The Hall–Kier alpha value is -3.79. The average Bonchev–Trinajstić information content (AvgIpc) is 3.40. The summed E-state index contributed by atoms with van der Waals surface area (Å²) < 4.78 is 27.3. The number of ether oxygens (including phenoxy) is 4. The second-order valence-electron chi connectivity index (χ2n) is 9.03. The molecule has 1 aliphatic heterocycles. The van der Waals surface area contributed by atoms with Crippen molar-refractivity contribution in [2.45, 2.75) is 32.4 Å². The zero-order chi connectivity index (χ0) is 26.2. The Morgan fingerprint density at radius 1 is 1.08 bits per heavy atom. The molecule has 0 saturated carbocycles. The number of methoxy groups -OCH3 is 3. The number of rotatable bonds is 11. The van der Waals surface area contributed by atoms with Crippen molar-refractivity contribution in [3.63, 3.8) is 0 Å². The van der Waals surface area contributed by atoms with E-state index in [9.17, 15) is 4.79 Å². The van der Waals surface area contributed by atoms with Crippen molar-refractivity contribution >= 4 is 5.91 Å². The lowest BCUT2D eigenvalue weighted by Gasteiger charge is -2.31. The van der Waals surface area contributed by atoms with Crippen LogP contribution in [0.1, 0.15) is 25.7 Å². The van der Waals surface area contributed by atoms with E-state index in [1.54, 1.807) is 27.4 Å². The minimum Gasteiger partial charge on any atom is -0.493 e. The number of hydrogen-bond donors (Lipinski definition) is 1. The molecule has 1 saturated heterocycles. The van der Waals surface area contributed by atoms with Gasteiger partial charge in [-0.1, -0.05) is 17.3 Å². The number of hydrogen-bond acceptors (Lipinski definition) is 9. The lowest BCUT2D eigenvalue weighted by molar-refractivity contribution is -0.127. The van der Waals surface area contributed by atoms with E-state index in [1.165, 1.54) is 0 Å². The predicted molar refractivity (Wildman–Crippen MR) is 137 cm³/mol. The van der Waals surface area contributed by atoms with Crippen LogP contribution in [0.5, 0.6) is 23.0 Å². The molecule has 37 heavy (non-hydrogen) atoms.